The zero-order chi connectivity index (χ0) is 24.4. The number of fused-ring (bicyclic) bond motifs is 2. The number of halogens is 3. The number of nitrogens with one attached hydrogen (secondary N) is 2. The Kier molecular flexibility index (Phi) is 7.63. The number of aliphatic hydroxyl groups excluding tert-OH is 1. The molecule has 0 spiro atoms. The molecule has 3 aromatic rings. The lowest BCUT2D eigenvalue weighted by Gasteiger charge is -2.15. The van der Waals surface area contributed by atoms with Gasteiger partial charge in [-0.25, -0.2) is 13.8 Å². The van der Waals surface area contributed by atoms with Crippen molar-refractivity contribution in [3.8, 4) is 6.01 Å². The first-order valence-corrected chi connectivity index (χ1v) is 12.3. The number of pyridine rings is 1. The van der Waals surface area contributed by atoms with E-state index in [2.05, 4.69) is 20.3 Å². The maximum Gasteiger partial charge on any atom is 0.296 e. The van der Waals surface area contributed by atoms with Crippen LogP contribution in [0.4, 0.5) is 20.3 Å². The first kappa shape index (κ1) is 24.7. The van der Waals surface area contributed by atoms with Crippen molar-refractivity contribution < 1.29 is 28.1 Å². The number of nitrogens with zero attached hydrogens (tertiary/aromatic N) is 2. The van der Waals surface area contributed by atoms with Crippen molar-refractivity contribution in [2.75, 3.05) is 36.8 Å². The average Bonchev–Trinajstić information content (AvgIpc) is 3.45. The van der Waals surface area contributed by atoms with Crippen LogP contribution in [0.1, 0.15) is 5.56 Å². The number of ether oxygens (including phenoxy) is 3. The molecule has 2 saturated heterocycles. The molecule has 4 heterocycles. The van der Waals surface area contributed by atoms with Crippen molar-refractivity contribution in [1.82, 2.24) is 15.0 Å². The Balaban J connectivity index is 0.000000868. The number of H-pyrrole nitrogens is 1. The SMILES string of the molecule is CSC.Nc1cc(F)c(CNc2nc3nc(O[C@@H]4CO[C@H]5[C@@H]4OC[C@H]5O)[nH]c3cc2Cl)c(F)c1. The van der Waals surface area contributed by atoms with E-state index in [0.29, 0.717) is 11.2 Å². The maximum absolute atomic E-state index is 14.0. The van der Waals surface area contributed by atoms with Gasteiger partial charge in [0.25, 0.3) is 6.01 Å². The van der Waals surface area contributed by atoms with Gasteiger partial charge < -0.3 is 35.4 Å². The highest BCUT2D eigenvalue weighted by Gasteiger charge is 2.48. The third-order valence-corrected chi connectivity index (χ3v) is 5.53. The molecule has 13 heteroatoms. The Labute approximate surface area is 203 Å². The Hall–Kier alpha value is -2.38. The van der Waals surface area contributed by atoms with Crippen LogP contribution >= 0.6 is 23.4 Å². The molecule has 2 aliphatic heterocycles. The number of rotatable bonds is 5. The zero-order valence-electron chi connectivity index (χ0n) is 18.3. The van der Waals surface area contributed by atoms with E-state index < -0.39 is 29.9 Å². The van der Waals surface area contributed by atoms with Gasteiger partial charge in [-0.3, -0.25) is 0 Å². The smallest absolute Gasteiger partial charge is 0.296 e. The second kappa shape index (κ2) is 10.5. The first-order valence-electron chi connectivity index (χ1n) is 10.3. The number of aliphatic hydroxyl groups is 1. The van der Waals surface area contributed by atoms with E-state index in [1.54, 1.807) is 17.8 Å². The van der Waals surface area contributed by atoms with E-state index >= 15 is 0 Å². The number of hydrogen-bond acceptors (Lipinski definition) is 9. The van der Waals surface area contributed by atoms with Crippen LogP contribution < -0.4 is 15.8 Å². The number of aromatic amines is 1. The number of benzene rings is 1. The Morgan fingerprint density at radius 3 is 2.59 bits per heavy atom. The molecule has 2 fully saturated rings. The molecule has 0 bridgehead atoms. The Morgan fingerprint density at radius 2 is 1.88 bits per heavy atom. The third-order valence-electron chi connectivity index (χ3n) is 5.25. The standard InChI is InChI=1S/C19H18ClF2N5O4.C2H6S/c20-9-3-12-18(26-17(9)24-4-8-10(21)1-7(23)2-11(8)22)27-19(25-12)31-14-6-30-15-13(28)5-29-16(14)15;1-3-2/h1-3,13-16,28H,4-6,23H2,(H2,24,25,26,27);1-2H3/t13-,14-,15-,16-;/m1./s1. The van der Waals surface area contributed by atoms with Crippen molar-refractivity contribution >= 4 is 46.0 Å². The average molecular weight is 516 g/mol. The van der Waals surface area contributed by atoms with Gasteiger partial charge in [0.15, 0.2) is 11.8 Å². The van der Waals surface area contributed by atoms with Gasteiger partial charge in [0.2, 0.25) is 0 Å². The highest BCUT2D eigenvalue weighted by Crippen LogP contribution is 2.31. The van der Waals surface area contributed by atoms with Crippen LogP contribution in [0.5, 0.6) is 6.01 Å². The minimum absolute atomic E-state index is 0.00289. The normalized spacial score (nSPS) is 23.5. The number of aromatic nitrogens is 3. The van der Waals surface area contributed by atoms with E-state index in [1.165, 1.54) is 0 Å². The minimum atomic E-state index is -0.769. The molecule has 4 atom stereocenters. The van der Waals surface area contributed by atoms with Crippen molar-refractivity contribution in [2.24, 2.45) is 0 Å². The summed E-state index contributed by atoms with van der Waals surface area (Å²) in [5.74, 6) is -1.34. The van der Waals surface area contributed by atoms with E-state index in [0.717, 1.165) is 12.1 Å². The summed E-state index contributed by atoms with van der Waals surface area (Å²) < 4.78 is 44.9. The van der Waals surface area contributed by atoms with E-state index in [4.69, 9.17) is 31.5 Å². The summed E-state index contributed by atoms with van der Waals surface area (Å²) in [6.07, 6.45) is 2.15. The number of hydrogen-bond donors (Lipinski definition) is 4. The van der Waals surface area contributed by atoms with Gasteiger partial charge in [0.05, 0.1) is 23.8 Å². The summed E-state index contributed by atoms with van der Waals surface area (Å²) in [5, 5.41) is 12.9. The van der Waals surface area contributed by atoms with E-state index in [1.807, 2.05) is 12.5 Å². The topological polar surface area (TPSA) is 128 Å². The molecule has 5 rings (SSSR count). The molecule has 9 nitrogen and oxygen atoms in total. The lowest BCUT2D eigenvalue weighted by molar-refractivity contribution is 0.00706. The fourth-order valence-corrected chi connectivity index (χ4v) is 3.95. The molecule has 0 radical (unpaired) electrons. The summed E-state index contributed by atoms with van der Waals surface area (Å²) in [4.78, 5) is 11.6. The molecular formula is C21H24ClF2N5O4S. The van der Waals surface area contributed by atoms with Gasteiger partial charge in [0.1, 0.15) is 35.8 Å². The lowest BCUT2D eigenvalue weighted by atomic mass is 10.1. The zero-order valence-corrected chi connectivity index (χ0v) is 19.9. The highest BCUT2D eigenvalue weighted by molar-refractivity contribution is 7.97. The minimum Gasteiger partial charge on any atom is -0.456 e. The molecule has 0 unspecified atom stereocenters. The second-order valence-electron chi connectivity index (χ2n) is 7.78. The van der Waals surface area contributed by atoms with Crippen LogP contribution in [0.25, 0.3) is 11.2 Å². The van der Waals surface area contributed by atoms with Crippen molar-refractivity contribution in [1.29, 1.82) is 0 Å². The van der Waals surface area contributed by atoms with Gasteiger partial charge in [-0.05, 0) is 30.7 Å². The van der Waals surface area contributed by atoms with Crippen molar-refractivity contribution in [2.45, 2.75) is 31.0 Å². The summed E-state index contributed by atoms with van der Waals surface area (Å²) >= 11 is 8.00. The van der Waals surface area contributed by atoms with Gasteiger partial charge >= 0.3 is 0 Å². The fraction of sp³-hybridized carbons (Fsp3) is 0.429. The molecule has 34 heavy (non-hydrogen) atoms. The van der Waals surface area contributed by atoms with Gasteiger partial charge in [-0.2, -0.15) is 16.7 Å². The van der Waals surface area contributed by atoms with Crippen LogP contribution in [0, 0.1) is 11.6 Å². The van der Waals surface area contributed by atoms with Crippen LogP contribution in [-0.2, 0) is 16.0 Å². The second-order valence-corrected chi connectivity index (χ2v) is 9.00. The number of thioether (sulfide) groups is 1. The third kappa shape index (κ3) is 5.15. The molecule has 2 aromatic heterocycles. The summed E-state index contributed by atoms with van der Waals surface area (Å²) in [5.41, 5.74) is 6.05. The Bertz CT molecular complexity index is 1150. The summed E-state index contributed by atoms with van der Waals surface area (Å²) in [6.45, 7) is 0.256. The van der Waals surface area contributed by atoms with Crippen LogP contribution in [-0.4, -0.2) is 70.2 Å². The molecule has 0 aliphatic carbocycles. The van der Waals surface area contributed by atoms with Gasteiger partial charge in [-0.1, -0.05) is 11.6 Å². The number of anilines is 2. The Morgan fingerprint density at radius 1 is 1.21 bits per heavy atom. The van der Waals surface area contributed by atoms with E-state index in [-0.39, 0.29) is 54.0 Å². The number of nitrogens with two attached hydrogens (primary N) is 1. The quantitative estimate of drug-likeness (QED) is 0.379. The molecular weight excluding hydrogens is 492 g/mol. The number of nitrogen functional groups attached to an aromatic ring is 1. The fourth-order valence-electron chi connectivity index (χ4n) is 3.73. The molecule has 184 valence electrons. The maximum atomic E-state index is 14.0. The predicted octanol–water partition coefficient (Wildman–Crippen LogP) is 2.97. The van der Waals surface area contributed by atoms with Gasteiger partial charge in [0, 0.05) is 17.8 Å². The monoisotopic (exact) mass is 515 g/mol. The highest BCUT2D eigenvalue weighted by atomic mass is 35.5. The van der Waals surface area contributed by atoms with Crippen LogP contribution in [0.3, 0.4) is 0 Å². The van der Waals surface area contributed by atoms with Gasteiger partial charge in [-0.15, -0.1) is 0 Å². The van der Waals surface area contributed by atoms with Crippen LogP contribution in [0.2, 0.25) is 5.02 Å². The molecule has 0 amide bonds. The predicted molar refractivity (Wildman–Crippen MR) is 126 cm³/mol. The van der Waals surface area contributed by atoms with Crippen molar-refractivity contribution in [3.05, 3.63) is 40.4 Å². The number of imidazole rings is 1. The summed E-state index contributed by atoms with van der Waals surface area (Å²) in [6, 6.07) is 3.84. The van der Waals surface area contributed by atoms with Crippen LogP contribution in [0.15, 0.2) is 18.2 Å². The van der Waals surface area contributed by atoms with Crippen molar-refractivity contribution in [3.63, 3.8) is 0 Å². The van der Waals surface area contributed by atoms with E-state index in [9.17, 15) is 13.9 Å². The first-order chi connectivity index (χ1) is 16.3. The lowest BCUT2D eigenvalue weighted by Crippen LogP contribution is -2.34. The largest absolute Gasteiger partial charge is 0.456 e. The molecule has 2 aliphatic rings. The molecule has 1 aromatic carbocycles. The summed E-state index contributed by atoms with van der Waals surface area (Å²) in [7, 11) is 0. The molecule has 0 saturated carbocycles. The molecule has 5 N–H and O–H groups in total.